The van der Waals surface area contributed by atoms with Crippen molar-refractivity contribution in [3.63, 3.8) is 0 Å². The van der Waals surface area contributed by atoms with Gasteiger partial charge in [-0.15, -0.1) is 0 Å². The Morgan fingerprint density at radius 3 is 2.55 bits per heavy atom. The first kappa shape index (κ1) is 24.5. The van der Waals surface area contributed by atoms with E-state index in [1.165, 1.54) is 24.3 Å². The summed E-state index contributed by atoms with van der Waals surface area (Å²) in [5, 5.41) is 40.5. The van der Waals surface area contributed by atoms with Gasteiger partial charge in [-0.3, -0.25) is 4.79 Å². The average molecular weight is 463 g/mol. The van der Waals surface area contributed by atoms with E-state index in [-0.39, 0.29) is 11.6 Å². The van der Waals surface area contributed by atoms with E-state index in [0.717, 1.165) is 24.0 Å². The Morgan fingerprint density at radius 1 is 1.27 bits per heavy atom. The van der Waals surface area contributed by atoms with Crippen LogP contribution >= 0.6 is 0 Å². The first-order valence-corrected chi connectivity index (χ1v) is 10.3. The quantitative estimate of drug-likeness (QED) is 0.369. The van der Waals surface area contributed by atoms with E-state index in [0.29, 0.717) is 5.39 Å². The highest BCUT2D eigenvalue weighted by molar-refractivity contribution is 6.07. The van der Waals surface area contributed by atoms with Gasteiger partial charge in [0, 0.05) is 30.2 Å². The fourth-order valence-corrected chi connectivity index (χ4v) is 3.75. The van der Waals surface area contributed by atoms with E-state index in [1.54, 1.807) is 6.07 Å². The molecule has 0 spiro atoms. The summed E-state index contributed by atoms with van der Waals surface area (Å²) >= 11 is 0. The molecule has 2 aromatic carbocycles. The van der Waals surface area contributed by atoms with Crippen LogP contribution in [0.4, 0.5) is 18.9 Å². The first-order chi connectivity index (χ1) is 15.6. The topological polar surface area (TPSA) is 117 Å². The van der Waals surface area contributed by atoms with Crippen molar-refractivity contribution in [2.75, 3.05) is 24.6 Å². The zero-order valence-electron chi connectivity index (χ0n) is 17.8. The molecule has 0 saturated carbocycles. The number of benzene rings is 2. The lowest BCUT2D eigenvalue weighted by Crippen LogP contribution is -2.45. The maximum absolute atomic E-state index is 14.1. The van der Waals surface area contributed by atoms with Crippen LogP contribution in [0.1, 0.15) is 18.9 Å². The average Bonchev–Trinajstić information content (AvgIpc) is 2.78. The van der Waals surface area contributed by atoms with Crippen LogP contribution in [0.15, 0.2) is 42.0 Å². The van der Waals surface area contributed by atoms with Gasteiger partial charge < -0.3 is 25.5 Å². The van der Waals surface area contributed by atoms with Gasteiger partial charge in [0.2, 0.25) is 0 Å². The highest BCUT2D eigenvalue weighted by Crippen LogP contribution is 2.40. The highest BCUT2D eigenvalue weighted by atomic mass is 19.4. The van der Waals surface area contributed by atoms with Crippen molar-refractivity contribution in [3.05, 3.63) is 47.5 Å². The minimum Gasteiger partial charge on any atom is -0.394 e. The summed E-state index contributed by atoms with van der Waals surface area (Å²) in [6, 6.07) is 11.1. The molecule has 1 heterocycles. The standard InChI is InChI=1S/C23H24F3N3O4/c1-13-7-8-29(13)18-4-2-3-14-5-6-15(9-16(14)18)21(23(24,25)26)17(10-27)22(33)28-11-19(31)20(32)12-30/h2-6,9,13,19-20,30-32H,7-8,11-12H2,1H3,(H,28,33)/b21-17-. The van der Waals surface area contributed by atoms with Crippen LogP contribution in [0.2, 0.25) is 0 Å². The van der Waals surface area contributed by atoms with Crippen molar-refractivity contribution in [2.24, 2.45) is 0 Å². The number of carbonyl (C=O) groups excluding carboxylic acids is 1. The molecule has 1 amide bonds. The molecule has 0 bridgehead atoms. The second-order valence-electron chi connectivity index (χ2n) is 7.93. The molecule has 1 aliphatic rings. The molecule has 3 rings (SSSR count). The molecule has 7 nitrogen and oxygen atoms in total. The van der Waals surface area contributed by atoms with Gasteiger partial charge in [-0.1, -0.05) is 24.3 Å². The molecule has 1 fully saturated rings. The van der Waals surface area contributed by atoms with Crippen molar-refractivity contribution in [1.82, 2.24) is 5.32 Å². The Labute approximate surface area is 188 Å². The summed E-state index contributed by atoms with van der Waals surface area (Å²) in [5.41, 5.74) is -2.12. The summed E-state index contributed by atoms with van der Waals surface area (Å²) in [5.74, 6) is -1.35. The van der Waals surface area contributed by atoms with Crippen LogP contribution < -0.4 is 10.2 Å². The Hall–Kier alpha value is -3.13. The van der Waals surface area contributed by atoms with E-state index in [4.69, 9.17) is 5.11 Å². The molecule has 0 aromatic heterocycles. The molecule has 2 aromatic rings. The first-order valence-electron chi connectivity index (χ1n) is 10.3. The zero-order chi connectivity index (χ0) is 24.3. The van der Waals surface area contributed by atoms with Crippen molar-refractivity contribution in [3.8, 4) is 6.07 Å². The number of hydrogen-bond donors (Lipinski definition) is 4. The van der Waals surface area contributed by atoms with Crippen molar-refractivity contribution in [2.45, 2.75) is 37.8 Å². The lowest BCUT2D eigenvalue weighted by Gasteiger charge is -2.41. The van der Waals surface area contributed by atoms with Gasteiger partial charge in [-0.25, -0.2) is 0 Å². The molecule has 0 radical (unpaired) electrons. The third-order valence-corrected chi connectivity index (χ3v) is 5.75. The molecule has 33 heavy (non-hydrogen) atoms. The summed E-state index contributed by atoms with van der Waals surface area (Å²) in [4.78, 5) is 14.5. The Balaban J connectivity index is 2.06. The molecular formula is C23H24F3N3O4. The molecule has 176 valence electrons. The lowest BCUT2D eigenvalue weighted by molar-refractivity contribution is -0.118. The maximum atomic E-state index is 14.1. The monoisotopic (exact) mass is 463 g/mol. The number of hydrogen-bond acceptors (Lipinski definition) is 6. The molecule has 0 aliphatic carbocycles. The largest absolute Gasteiger partial charge is 0.418 e. The normalized spacial score (nSPS) is 18.7. The van der Waals surface area contributed by atoms with Crippen LogP contribution in [0.5, 0.6) is 0 Å². The predicted octanol–water partition coefficient (Wildman–Crippen LogP) is 2.11. The fourth-order valence-electron chi connectivity index (χ4n) is 3.75. The summed E-state index contributed by atoms with van der Waals surface area (Å²) in [7, 11) is 0. The molecule has 3 unspecified atom stereocenters. The number of halogens is 3. The zero-order valence-corrected chi connectivity index (χ0v) is 17.8. The van der Waals surface area contributed by atoms with Gasteiger partial charge in [0.1, 0.15) is 17.7 Å². The van der Waals surface area contributed by atoms with E-state index >= 15 is 0 Å². The smallest absolute Gasteiger partial charge is 0.394 e. The second kappa shape index (κ2) is 9.79. The number of rotatable bonds is 7. The summed E-state index contributed by atoms with van der Waals surface area (Å²) in [6.07, 6.45) is -7.25. The molecular weight excluding hydrogens is 439 g/mol. The van der Waals surface area contributed by atoms with Crippen LogP contribution in [0.3, 0.4) is 0 Å². The Bertz CT molecular complexity index is 1110. The predicted molar refractivity (Wildman–Crippen MR) is 116 cm³/mol. The van der Waals surface area contributed by atoms with Gasteiger partial charge in [-0.05, 0) is 36.4 Å². The number of aliphatic hydroxyl groups excluding tert-OH is 3. The van der Waals surface area contributed by atoms with Gasteiger partial charge in [0.25, 0.3) is 5.91 Å². The molecule has 10 heteroatoms. The Kier molecular flexibility index (Phi) is 7.27. The number of amides is 1. The summed E-state index contributed by atoms with van der Waals surface area (Å²) in [6.45, 7) is 1.35. The number of alkyl halides is 3. The van der Waals surface area contributed by atoms with Crippen LogP contribution in [0, 0.1) is 11.3 Å². The number of nitrogens with zero attached hydrogens (tertiary/aromatic N) is 2. The number of carbonyl (C=O) groups is 1. The van der Waals surface area contributed by atoms with Gasteiger partial charge in [0.05, 0.1) is 18.3 Å². The van der Waals surface area contributed by atoms with E-state index in [1.807, 2.05) is 24.4 Å². The van der Waals surface area contributed by atoms with Crippen molar-refractivity contribution in [1.29, 1.82) is 5.26 Å². The molecule has 1 aliphatic heterocycles. The van der Waals surface area contributed by atoms with E-state index < -0.39 is 48.6 Å². The minimum atomic E-state index is -5.02. The Morgan fingerprint density at radius 2 is 2.00 bits per heavy atom. The van der Waals surface area contributed by atoms with Crippen molar-refractivity contribution < 1.29 is 33.3 Å². The molecule has 3 atom stereocenters. The van der Waals surface area contributed by atoms with Gasteiger partial charge in [-0.2, -0.15) is 18.4 Å². The second-order valence-corrected chi connectivity index (χ2v) is 7.93. The maximum Gasteiger partial charge on any atom is 0.418 e. The van der Waals surface area contributed by atoms with Gasteiger partial charge in [0.15, 0.2) is 0 Å². The summed E-state index contributed by atoms with van der Waals surface area (Å²) < 4.78 is 42.2. The minimum absolute atomic E-state index is 0.248. The van der Waals surface area contributed by atoms with E-state index in [2.05, 4.69) is 4.90 Å². The van der Waals surface area contributed by atoms with Crippen LogP contribution in [-0.2, 0) is 4.79 Å². The number of aliphatic hydroxyl groups is 3. The number of anilines is 1. The van der Waals surface area contributed by atoms with E-state index in [9.17, 15) is 33.4 Å². The lowest BCUT2D eigenvalue weighted by atomic mass is 9.94. The number of fused-ring (bicyclic) bond motifs is 1. The third-order valence-electron chi connectivity index (χ3n) is 5.75. The highest BCUT2D eigenvalue weighted by Gasteiger charge is 2.40. The number of nitrogens with one attached hydrogen (secondary N) is 1. The number of nitriles is 1. The van der Waals surface area contributed by atoms with Crippen LogP contribution in [-0.4, -0.2) is 65.3 Å². The van der Waals surface area contributed by atoms with Crippen molar-refractivity contribution >= 4 is 27.9 Å². The van der Waals surface area contributed by atoms with Crippen LogP contribution in [0.25, 0.3) is 16.3 Å². The van der Waals surface area contributed by atoms with Gasteiger partial charge >= 0.3 is 6.18 Å². The third kappa shape index (κ3) is 5.11. The number of allylic oxidation sites excluding steroid dienone is 1. The SMILES string of the molecule is CC1CCN1c1cccc2ccc(/C(=C(\C#N)C(=O)NCC(O)C(O)CO)C(F)(F)F)cc12. The fraction of sp³-hybridized carbons (Fsp3) is 0.391. The molecule has 4 N–H and O–H groups in total. The molecule has 1 saturated heterocycles.